The topological polar surface area (TPSA) is 88.4 Å². The molecule has 3 aromatic rings. The van der Waals surface area contributed by atoms with E-state index in [2.05, 4.69) is 20.7 Å². The Bertz CT molecular complexity index is 1010. The summed E-state index contributed by atoms with van der Waals surface area (Å²) in [4.78, 5) is 28.9. The number of nitrogens with zero attached hydrogens (tertiary/aromatic N) is 3. The highest BCUT2D eigenvalue weighted by Gasteiger charge is 2.32. The number of nitrogens with one attached hydrogen (secondary N) is 2. The van der Waals surface area contributed by atoms with E-state index in [1.165, 1.54) is 12.1 Å². The maximum Gasteiger partial charge on any atom is 0.230 e. The molecule has 8 heteroatoms. The van der Waals surface area contributed by atoms with E-state index in [1.807, 2.05) is 13.8 Å². The largest absolute Gasteiger partial charge is 0.359 e. The number of hydrogen-bond donors (Lipinski definition) is 2. The van der Waals surface area contributed by atoms with E-state index in [9.17, 15) is 14.0 Å². The normalized spacial score (nSPS) is 11.4. The Labute approximate surface area is 162 Å². The summed E-state index contributed by atoms with van der Waals surface area (Å²) in [5, 5.41) is 9.89. The molecule has 0 aliphatic heterocycles. The first-order valence-corrected chi connectivity index (χ1v) is 8.89. The lowest BCUT2D eigenvalue weighted by molar-refractivity contribution is -0.121. The molecule has 2 N–H and O–H groups in total. The van der Waals surface area contributed by atoms with Crippen molar-refractivity contribution < 1.29 is 14.0 Å². The molecule has 0 saturated carbocycles. The van der Waals surface area contributed by atoms with Crippen LogP contribution in [-0.2, 0) is 21.4 Å². The van der Waals surface area contributed by atoms with Gasteiger partial charge in [0.15, 0.2) is 11.5 Å². The second-order valence-electron chi connectivity index (χ2n) is 7.20. The summed E-state index contributed by atoms with van der Waals surface area (Å²) in [6.07, 6.45) is 3.66. The fourth-order valence-corrected chi connectivity index (χ4v) is 3.14. The van der Waals surface area contributed by atoms with Gasteiger partial charge in [-0.2, -0.15) is 0 Å². The van der Waals surface area contributed by atoms with Gasteiger partial charge >= 0.3 is 0 Å². The van der Waals surface area contributed by atoms with Crippen molar-refractivity contribution in [2.75, 3.05) is 12.4 Å². The van der Waals surface area contributed by atoms with Crippen LogP contribution in [-0.4, -0.2) is 33.5 Å². The van der Waals surface area contributed by atoms with Crippen molar-refractivity contribution >= 4 is 23.3 Å². The van der Waals surface area contributed by atoms with Gasteiger partial charge in [0.1, 0.15) is 5.82 Å². The Kier molecular flexibility index (Phi) is 5.39. The molecule has 2 amide bonds. The van der Waals surface area contributed by atoms with E-state index in [-0.39, 0.29) is 30.5 Å². The van der Waals surface area contributed by atoms with Crippen LogP contribution in [0.15, 0.2) is 42.7 Å². The van der Waals surface area contributed by atoms with Crippen molar-refractivity contribution in [3.05, 3.63) is 59.7 Å². The molecular weight excluding hydrogens is 361 g/mol. The van der Waals surface area contributed by atoms with Crippen LogP contribution >= 0.6 is 0 Å². The molecule has 0 fully saturated rings. The van der Waals surface area contributed by atoms with E-state index in [0.717, 1.165) is 0 Å². The fourth-order valence-electron chi connectivity index (χ4n) is 3.14. The van der Waals surface area contributed by atoms with Crippen molar-refractivity contribution in [2.45, 2.75) is 32.1 Å². The molecule has 28 heavy (non-hydrogen) atoms. The van der Waals surface area contributed by atoms with Gasteiger partial charge in [0.05, 0.1) is 6.42 Å². The fraction of sp³-hybridized carbons (Fsp3) is 0.300. The Morgan fingerprint density at radius 1 is 1.18 bits per heavy atom. The lowest BCUT2D eigenvalue weighted by Crippen LogP contribution is -2.29. The van der Waals surface area contributed by atoms with Gasteiger partial charge in [-0.3, -0.25) is 9.59 Å². The summed E-state index contributed by atoms with van der Waals surface area (Å²) < 4.78 is 14.6. The number of benzene rings is 1. The summed E-state index contributed by atoms with van der Waals surface area (Å²) in [7, 11) is 1.58. The number of rotatable bonds is 6. The number of halogens is 1. The first kappa shape index (κ1) is 19.5. The SMILES string of the molecule is CNC(=O)CC(C)(C)c1c(NC(=O)Cc2ccc(F)cc2)nn2cccnc12. The summed E-state index contributed by atoms with van der Waals surface area (Å²) in [5.41, 5.74) is 1.33. The van der Waals surface area contributed by atoms with Gasteiger partial charge in [0.2, 0.25) is 11.8 Å². The molecule has 0 bridgehead atoms. The molecule has 2 aromatic heterocycles. The quantitative estimate of drug-likeness (QED) is 0.684. The number of carbonyl (C=O) groups is 2. The minimum atomic E-state index is -0.616. The van der Waals surface area contributed by atoms with Crippen LogP contribution < -0.4 is 10.6 Å². The monoisotopic (exact) mass is 383 g/mol. The molecule has 3 rings (SSSR count). The van der Waals surface area contributed by atoms with Crippen LogP contribution in [0.4, 0.5) is 10.2 Å². The van der Waals surface area contributed by atoms with Gasteiger partial charge in [0.25, 0.3) is 0 Å². The van der Waals surface area contributed by atoms with Crippen molar-refractivity contribution in [3.63, 3.8) is 0 Å². The number of anilines is 1. The third kappa shape index (κ3) is 4.16. The molecule has 0 radical (unpaired) electrons. The Morgan fingerprint density at radius 2 is 1.89 bits per heavy atom. The van der Waals surface area contributed by atoms with Crippen LogP contribution in [0.1, 0.15) is 31.4 Å². The van der Waals surface area contributed by atoms with Crippen molar-refractivity contribution in [2.24, 2.45) is 0 Å². The van der Waals surface area contributed by atoms with Gasteiger partial charge in [-0.05, 0) is 23.8 Å². The lowest BCUT2D eigenvalue weighted by atomic mass is 9.82. The Hall–Kier alpha value is -3.29. The molecular formula is C20H22FN5O2. The Morgan fingerprint density at radius 3 is 2.57 bits per heavy atom. The van der Waals surface area contributed by atoms with Gasteiger partial charge in [-0.25, -0.2) is 13.9 Å². The van der Waals surface area contributed by atoms with Crippen LogP contribution in [0.25, 0.3) is 5.65 Å². The maximum atomic E-state index is 13.1. The third-order valence-corrected chi connectivity index (χ3v) is 4.49. The summed E-state index contributed by atoms with van der Waals surface area (Å²) >= 11 is 0. The molecule has 0 unspecified atom stereocenters. The molecule has 146 valence electrons. The second kappa shape index (κ2) is 7.75. The zero-order valence-corrected chi connectivity index (χ0v) is 16.0. The molecule has 7 nitrogen and oxygen atoms in total. The van der Waals surface area contributed by atoms with E-state index in [0.29, 0.717) is 22.6 Å². The Balaban J connectivity index is 1.92. The minimum Gasteiger partial charge on any atom is -0.359 e. The first-order chi connectivity index (χ1) is 13.3. The molecule has 0 aliphatic rings. The maximum absolute atomic E-state index is 13.1. The number of hydrogen-bond acceptors (Lipinski definition) is 4. The van der Waals surface area contributed by atoms with Crippen LogP contribution in [0.2, 0.25) is 0 Å². The molecule has 0 spiro atoms. The first-order valence-electron chi connectivity index (χ1n) is 8.89. The van der Waals surface area contributed by atoms with Gasteiger partial charge in [0, 0.05) is 36.8 Å². The van der Waals surface area contributed by atoms with Crippen LogP contribution in [0.3, 0.4) is 0 Å². The highest BCUT2D eigenvalue weighted by atomic mass is 19.1. The molecule has 0 saturated heterocycles. The minimum absolute atomic E-state index is 0.0803. The third-order valence-electron chi connectivity index (χ3n) is 4.49. The molecule has 0 atom stereocenters. The molecule has 1 aromatic carbocycles. The van der Waals surface area contributed by atoms with Crippen molar-refractivity contribution in [1.29, 1.82) is 0 Å². The zero-order valence-electron chi connectivity index (χ0n) is 16.0. The average molecular weight is 383 g/mol. The standard InChI is InChI=1S/C20H22FN5O2/c1-20(2,12-16(28)22-3)17-18(25-26-10-4-9-23-19(17)26)24-15(27)11-13-5-7-14(21)8-6-13/h4-10H,11-12H2,1-3H3,(H,22,28)(H,24,25,27). The predicted molar refractivity (Wildman–Crippen MR) is 103 cm³/mol. The van der Waals surface area contributed by atoms with Gasteiger partial charge in [-0.1, -0.05) is 26.0 Å². The lowest BCUT2D eigenvalue weighted by Gasteiger charge is -2.24. The van der Waals surface area contributed by atoms with Crippen molar-refractivity contribution in [3.8, 4) is 0 Å². The average Bonchev–Trinajstić information content (AvgIpc) is 3.01. The summed E-state index contributed by atoms with van der Waals surface area (Å²) in [6.45, 7) is 3.81. The number of amides is 2. The van der Waals surface area contributed by atoms with E-state index >= 15 is 0 Å². The number of fused-ring (bicyclic) bond motifs is 1. The zero-order chi connectivity index (χ0) is 20.3. The summed E-state index contributed by atoms with van der Waals surface area (Å²) in [5.74, 6) is -0.399. The predicted octanol–water partition coefficient (Wildman–Crippen LogP) is 2.46. The van der Waals surface area contributed by atoms with Gasteiger partial charge in [-0.15, -0.1) is 5.10 Å². The number of aromatic nitrogens is 3. The molecule has 2 heterocycles. The highest BCUT2D eigenvalue weighted by Crippen LogP contribution is 2.35. The second-order valence-corrected chi connectivity index (χ2v) is 7.20. The number of carbonyl (C=O) groups excluding carboxylic acids is 2. The highest BCUT2D eigenvalue weighted by molar-refractivity contribution is 5.93. The van der Waals surface area contributed by atoms with Gasteiger partial charge < -0.3 is 10.6 Å². The van der Waals surface area contributed by atoms with Crippen LogP contribution in [0, 0.1) is 5.82 Å². The molecule has 0 aliphatic carbocycles. The van der Waals surface area contributed by atoms with E-state index in [1.54, 1.807) is 42.2 Å². The van der Waals surface area contributed by atoms with Crippen LogP contribution in [0.5, 0.6) is 0 Å². The van der Waals surface area contributed by atoms with Crippen molar-refractivity contribution in [1.82, 2.24) is 19.9 Å². The van der Waals surface area contributed by atoms with E-state index < -0.39 is 5.41 Å². The van der Waals surface area contributed by atoms with E-state index in [4.69, 9.17) is 0 Å². The summed E-state index contributed by atoms with van der Waals surface area (Å²) in [6, 6.07) is 7.50. The smallest absolute Gasteiger partial charge is 0.230 e.